The smallest absolute Gasteiger partial charge is 0.318 e. The summed E-state index contributed by atoms with van der Waals surface area (Å²) in [5.41, 5.74) is 1.21. The van der Waals surface area contributed by atoms with E-state index in [0.29, 0.717) is 31.2 Å². The summed E-state index contributed by atoms with van der Waals surface area (Å²) in [7, 11) is 0. The Bertz CT molecular complexity index is 751. The molecule has 2 amide bonds. The molecule has 0 saturated carbocycles. The number of nitrogens with one attached hydrogen (secondary N) is 1. The highest BCUT2D eigenvalue weighted by Crippen LogP contribution is 2.11. The third-order valence-electron chi connectivity index (χ3n) is 4.64. The van der Waals surface area contributed by atoms with Gasteiger partial charge in [-0.1, -0.05) is 54.6 Å². The molecule has 144 valence electrons. The van der Waals surface area contributed by atoms with E-state index in [1.807, 2.05) is 36.9 Å². The normalized spacial score (nSPS) is 16.6. The molecule has 1 aromatic heterocycles. The fourth-order valence-electron chi connectivity index (χ4n) is 2.96. The standard InChI is InChI=1S/C20H27N5O2/c1-3-18-22-19(27-23-18)16(2)21-20(26)25-14-12-24(13-15-25)11-7-10-17-8-5-4-6-9-17/h4-10,16H,3,11-15H2,1-2H3,(H,21,26)/b10-7+. The van der Waals surface area contributed by atoms with E-state index in [-0.39, 0.29) is 12.1 Å². The molecule has 1 atom stereocenters. The van der Waals surface area contributed by atoms with Crippen LogP contribution in [0.4, 0.5) is 4.79 Å². The Balaban J connectivity index is 1.41. The van der Waals surface area contributed by atoms with Gasteiger partial charge in [0.1, 0.15) is 6.04 Å². The average Bonchev–Trinajstić information content (AvgIpc) is 3.19. The number of carbonyl (C=O) groups is 1. The van der Waals surface area contributed by atoms with Crippen LogP contribution in [0.3, 0.4) is 0 Å². The molecule has 0 radical (unpaired) electrons. The lowest BCUT2D eigenvalue weighted by Gasteiger charge is -2.34. The number of hydrogen-bond acceptors (Lipinski definition) is 5. The molecule has 0 spiro atoms. The van der Waals surface area contributed by atoms with Gasteiger partial charge in [-0.05, 0) is 12.5 Å². The molecule has 0 bridgehead atoms. The first kappa shape index (κ1) is 19.1. The summed E-state index contributed by atoms with van der Waals surface area (Å²) >= 11 is 0. The molecular weight excluding hydrogens is 342 g/mol. The van der Waals surface area contributed by atoms with Gasteiger partial charge in [-0.25, -0.2) is 4.79 Å². The predicted molar refractivity (Wildman–Crippen MR) is 104 cm³/mol. The summed E-state index contributed by atoms with van der Waals surface area (Å²) in [4.78, 5) is 20.9. The van der Waals surface area contributed by atoms with Crippen molar-refractivity contribution < 1.29 is 9.32 Å². The summed E-state index contributed by atoms with van der Waals surface area (Å²) in [6.45, 7) is 7.86. The van der Waals surface area contributed by atoms with Crippen molar-refractivity contribution in [3.63, 3.8) is 0 Å². The van der Waals surface area contributed by atoms with Crippen LogP contribution < -0.4 is 5.32 Å². The quantitative estimate of drug-likeness (QED) is 0.847. The summed E-state index contributed by atoms with van der Waals surface area (Å²) in [6.07, 6.45) is 5.02. The average molecular weight is 369 g/mol. The van der Waals surface area contributed by atoms with Gasteiger partial charge in [0.25, 0.3) is 0 Å². The maximum Gasteiger partial charge on any atom is 0.318 e. The molecule has 1 unspecified atom stereocenters. The minimum Gasteiger partial charge on any atom is -0.337 e. The minimum atomic E-state index is -0.294. The van der Waals surface area contributed by atoms with Gasteiger partial charge in [-0.2, -0.15) is 4.98 Å². The predicted octanol–water partition coefficient (Wildman–Crippen LogP) is 2.73. The van der Waals surface area contributed by atoms with Gasteiger partial charge in [0.05, 0.1) is 0 Å². The van der Waals surface area contributed by atoms with Crippen molar-refractivity contribution in [1.82, 2.24) is 25.3 Å². The number of aromatic nitrogens is 2. The van der Waals surface area contributed by atoms with E-state index in [4.69, 9.17) is 4.52 Å². The molecule has 7 heteroatoms. The fraction of sp³-hybridized carbons (Fsp3) is 0.450. The molecule has 27 heavy (non-hydrogen) atoms. The Morgan fingerprint density at radius 1 is 1.26 bits per heavy atom. The number of amides is 2. The molecule has 1 N–H and O–H groups in total. The molecule has 1 saturated heterocycles. The molecular formula is C20H27N5O2. The van der Waals surface area contributed by atoms with Crippen molar-refractivity contribution in [3.05, 3.63) is 53.7 Å². The lowest BCUT2D eigenvalue weighted by Crippen LogP contribution is -2.52. The Kier molecular flexibility index (Phi) is 6.59. The molecule has 1 aliphatic rings. The molecule has 0 aliphatic carbocycles. The monoisotopic (exact) mass is 369 g/mol. The molecule has 2 aromatic rings. The topological polar surface area (TPSA) is 74.5 Å². The van der Waals surface area contributed by atoms with Crippen molar-refractivity contribution in [2.24, 2.45) is 0 Å². The number of piperazine rings is 1. The highest BCUT2D eigenvalue weighted by atomic mass is 16.5. The van der Waals surface area contributed by atoms with Gasteiger partial charge in [0.15, 0.2) is 5.82 Å². The van der Waals surface area contributed by atoms with E-state index in [0.717, 1.165) is 19.6 Å². The van der Waals surface area contributed by atoms with Gasteiger partial charge >= 0.3 is 6.03 Å². The number of aryl methyl sites for hydroxylation is 1. The summed E-state index contributed by atoms with van der Waals surface area (Å²) in [5, 5.41) is 6.81. The van der Waals surface area contributed by atoms with E-state index in [2.05, 4.69) is 44.6 Å². The van der Waals surface area contributed by atoms with Crippen LogP contribution in [0.15, 0.2) is 40.9 Å². The molecule has 2 heterocycles. The third-order valence-corrected chi connectivity index (χ3v) is 4.64. The SMILES string of the molecule is CCc1noc(C(C)NC(=O)N2CCN(C/C=C/c3ccccc3)CC2)n1. The highest BCUT2D eigenvalue weighted by molar-refractivity contribution is 5.74. The van der Waals surface area contributed by atoms with Crippen LogP contribution in [0.1, 0.15) is 37.2 Å². The van der Waals surface area contributed by atoms with E-state index >= 15 is 0 Å². The zero-order valence-corrected chi connectivity index (χ0v) is 16.0. The number of nitrogens with zero attached hydrogens (tertiary/aromatic N) is 4. The molecule has 1 fully saturated rings. The van der Waals surface area contributed by atoms with Gasteiger partial charge in [0, 0.05) is 39.1 Å². The summed E-state index contributed by atoms with van der Waals surface area (Å²) in [5.74, 6) is 1.10. The fourth-order valence-corrected chi connectivity index (χ4v) is 2.96. The van der Waals surface area contributed by atoms with Crippen molar-refractivity contribution in [1.29, 1.82) is 0 Å². The lowest BCUT2D eigenvalue weighted by molar-refractivity contribution is 0.143. The van der Waals surface area contributed by atoms with Crippen LogP contribution in [0.5, 0.6) is 0 Å². The van der Waals surface area contributed by atoms with Crippen LogP contribution in [0, 0.1) is 0 Å². The van der Waals surface area contributed by atoms with Crippen molar-refractivity contribution in [3.8, 4) is 0 Å². The number of hydrogen-bond donors (Lipinski definition) is 1. The zero-order valence-electron chi connectivity index (χ0n) is 16.0. The Hall–Kier alpha value is -2.67. The third kappa shape index (κ3) is 5.40. The minimum absolute atomic E-state index is 0.0850. The van der Waals surface area contributed by atoms with E-state index in [9.17, 15) is 4.79 Å². The van der Waals surface area contributed by atoms with E-state index in [1.165, 1.54) is 5.56 Å². The van der Waals surface area contributed by atoms with Gasteiger partial charge in [0.2, 0.25) is 5.89 Å². The van der Waals surface area contributed by atoms with Crippen molar-refractivity contribution >= 4 is 12.1 Å². The molecule has 7 nitrogen and oxygen atoms in total. The molecule has 1 aromatic carbocycles. The van der Waals surface area contributed by atoms with E-state index in [1.54, 1.807) is 0 Å². The maximum atomic E-state index is 12.5. The second kappa shape index (κ2) is 9.32. The van der Waals surface area contributed by atoms with Crippen LogP contribution in [0.25, 0.3) is 6.08 Å². The first-order valence-electron chi connectivity index (χ1n) is 9.47. The first-order chi connectivity index (χ1) is 13.2. The molecule has 1 aliphatic heterocycles. The second-order valence-electron chi connectivity index (χ2n) is 6.67. The van der Waals surface area contributed by atoms with Crippen LogP contribution >= 0.6 is 0 Å². The summed E-state index contributed by atoms with van der Waals surface area (Å²) < 4.78 is 5.19. The van der Waals surface area contributed by atoms with Gasteiger partial charge in [-0.15, -0.1) is 0 Å². The molecule has 3 rings (SSSR count). The number of urea groups is 1. The van der Waals surface area contributed by atoms with Gasteiger partial charge in [-0.3, -0.25) is 4.90 Å². The van der Waals surface area contributed by atoms with Crippen LogP contribution in [-0.4, -0.2) is 58.7 Å². The largest absolute Gasteiger partial charge is 0.337 e. The van der Waals surface area contributed by atoms with Crippen molar-refractivity contribution in [2.45, 2.75) is 26.3 Å². The van der Waals surface area contributed by atoms with Gasteiger partial charge < -0.3 is 14.7 Å². The zero-order chi connectivity index (χ0) is 19.1. The Labute approximate surface area is 160 Å². The van der Waals surface area contributed by atoms with Crippen LogP contribution in [-0.2, 0) is 6.42 Å². The Morgan fingerprint density at radius 3 is 2.67 bits per heavy atom. The maximum absolute atomic E-state index is 12.5. The van der Waals surface area contributed by atoms with Crippen LogP contribution in [0.2, 0.25) is 0 Å². The summed E-state index contributed by atoms with van der Waals surface area (Å²) in [6, 6.07) is 9.89. The number of benzene rings is 1. The number of rotatable bonds is 6. The Morgan fingerprint density at radius 2 is 2.00 bits per heavy atom. The highest BCUT2D eigenvalue weighted by Gasteiger charge is 2.23. The van der Waals surface area contributed by atoms with Crippen molar-refractivity contribution in [2.75, 3.05) is 32.7 Å². The second-order valence-corrected chi connectivity index (χ2v) is 6.67. The van der Waals surface area contributed by atoms with E-state index < -0.39 is 0 Å². The lowest BCUT2D eigenvalue weighted by atomic mass is 10.2. The number of carbonyl (C=O) groups excluding carboxylic acids is 1. The first-order valence-corrected chi connectivity index (χ1v) is 9.47.